The first-order valence-corrected chi connectivity index (χ1v) is 7.11. The lowest BCUT2D eigenvalue weighted by atomic mass is 10.2. The third-order valence-electron chi connectivity index (χ3n) is 2.85. The molecule has 4 rings (SSSR count). The molecular formula is C11H8N4OS2. The highest BCUT2D eigenvalue weighted by molar-refractivity contribution is 8.07. The molecule has 0 bridgehead atoms. The quantitative estimate of drug-likeness (QED) is 0.862. The Morgan fingerprint density at radius 1 is 1.22 bits per heavy atom. The van der Waals surface area contributed by atoms with Gasteiger partial charge < -0.3 is 5.11 Å². The number of benzene rings is 1. The van der Waals surface area contributed by atoms with Gasteiger partial charge in [0, 0.05) is 5.41 Å². The van der Waals surface area contributed by atoms with Gasteiger partial charge in [-0.25, -0.2) is 4.68 Å². The Labute approximate surface area is 111 Å². The number of aromatic hydroxyl groups is 1. The zero-order valence-electron chi connectivity index (χ0n) is 9.09. The maximum Gasteiger partial charge on any atom is 0.216 e. The maximum absolute atomic E-state index is 9.35. The molecule has 5 nitrogen and oxygen atoms in total. The normalized spacial score (nSPS) is 20.8. The fourth-order valence-electron chi connectivity index (χ4n) is 2.03. The summed E-state index contributed by atoms with van der Waals surface area (Å²) in [6.07, 6.45) is 1.72. The van der Waals surface area contributed by atoms with Crippen molar-refractivity contribution in [2.24, 2.45) is 0 Å². The van der Waals surface area contributed by atoms with Gasteiger partial charge in [-0.1, -0.05) is 23.9 Å². The Balaban J connectivity index is 1.75. The molecule has 0 spiro atoms. The summed E-state index contributed by atoms with van der Waals surface area (Å²) in [7, 11) is 0. The second-order valence-electron chi connectivity index (χ2n) is 3.94. The van der Waals surface area contributed by atoms with Crippen LogP contribution in [-0.4, -0.2) is 20.0 Å². The van der Waals surface area contributed by atoms with E-state index < -0.39 is 0 Å². The molecule has 0 aliphatic carbocycles. The SMILES string of the molecule is Oc1ccc([C@H]2SC=C3Sc4nncn4N32)cc1. The van der Waals surface area contributed by atoms with Gasteiger partial charge in [0.25, 0.3) is 0 Å². The van der Waals surface area contributed by atoms with Gasteiger partial charge in [-0.15, -0.1) is 10.2 Å². The van der Waals surface area contributed by atoms with E-state index in [1.165, 1.54) is 5.03 Å². The summed E-state index contributed by atoms with van der Waals surface area (Å²) in [4.78, 5) is 0. The monoisotopic (exact) mass is 276 g/mol. The average molecular weight is 276 g/mol. The molecule has 7 heteroatoms. The number of fused-ring (bicyclic) bond motifs is 3. The molecule has 1 aromatic carbocycles. The zero-order chi connectivity index (χ0) is 12.1. The van der Waals surface area contributed by atoms with Gasteiger partial charge in [0.15, 0.2) is 0 Å². The van der Waals surface area contributed by atoms with Crippen molar-refractivity contribution in [1.82, 2.24) is 14.9 Å². The molecule has 0 amide bonds. The fourth-order valence-corrected chi connectivity index (χ4v) is 4.24. The topological polar surface area (TPSA) is 54.2 Å². The molecule has 0 unspecified atom stereocenters. The lowest BCUT2D eigenvalue weighted by Crippen LogP contribution is -2.28. The number of aromatic nitrogens is 3. The highest BCUT2D eigenvalue weighted by Gasteiger charge is 2.37. The smallest absolute Gasteiger partial charge is 0.216 e. The van der Waals surface area contributed by atoms with Crippen molar-refractivity contribution in [3.63, 3.8) is 0 Å². The van der Waals surface area contributed by atoms with E-state index >= 15 is 0 Å². The molecule has 90 valence electrons. The number of hydrogen-bond acceptors (Lipinski definition) is 6. The summed E-state index contributed by atoms with van der Waals surface area (Å²) >= 11 is 3.37. The van der Waals surface area contributed by atoms with Crippen LogP contribution in [0.4, 0.5) is 0 Å². The molecule has 1 aromatic heterocycles. The molecule has 1 atom stereocenters. The Morgan fingerprint density at radius 3 is 2.89 bits per heavy atom. The van der Waals surface area contributed by atoms with Crippen molar-refractivity contribution in [1.29, 1.82) is 0 Å². The van der Waals surface area contributed by atoms with E-state index in [0.717, 1.165) is 10.7 Å². The predicted molar refractivity (Wildman–Crippen MR) is 70.6 cm³/mol. The number of hydrogen-bond donors (Lipinski definition) is 1. The van der Waals surface area contributed by atoms with E-state index in [4.69, 9.17) is 0 Å². The van der Waals surface area contributed by atoms with E-state index in [0.29, 0.717) is 0 Å². The van der Waals surface area contributed by atoms with E-state index in [9.17, 15) is 5.11 Å². The third-order valence-corrected chi connectivity index (χ3v) is 5.06. The largest absolute Gasteiger partial charge is 0.508 e. The average Bonchev–Trinajstić information content (AvgIpc) is 3.01. The van der Waals surface area contributed by atoms with Crippen molar-refractivity contribution >= 4 is 23.5 Å². The molecular weight excluding hydrogens is 268 g/mol. The van der Waals surface area contributed by atoms with Crippen LogP contribution in [0, 0.1) is 0 Å². The van der Waals surface area contributed by atoms with Crippen LogP contribution in [0.2, 0.25) is 0 Å². The highest BCUT2D eigenvalue weighted by atomic mass is 32.2. The second kappa shape index (κ2) is 3.69. The minimum absolute atomic E-state index is 0.172. The molecule has 0 radical (unpaired) electrons. The van der Waals surface area contributed by atoms with E-state index in [1.54, 1.807) is 42.0 Å². The van der Waals surface area contributed by atoms with Crippen molar-refractivity contribution in [3.05, 3.63) is 46.6 Å². The first-order chi connectivity index (χ1) is 8.83. The zero-order valence-corrected chi connectivity index (χ0v) is 10.7. The third kappa shape index (κ3) is 1.37. The molecule has 0 saturated heterocycles. The minimum Gasteiger partial charge on any atom is -0.508 e. The van der Waals surface area contributed by atoms with Crippen LogP contribution in [0.5, 0.6) is 5.75 Å². The highest BCUT2D eigenvalue weighted by Crippen LogP contribution is 2.50. The second-order valence-corrected chi connectivity index (χ2v) is 5.88. The van der Waals surface area contributed by atoms with Crippen LogP contribution in [0.15, 0.2) is 46.2 Å². The van der Waals surface area contributed by atoms with Crippen LogP contribution in [0.25, 0.3) is 0 Å². The summed E-state index contributed by atoms with van der Waals surface area (Å²) in [6.45, 7) is 0. The number of rotatable bonds is 1. The Kier molecular flexibility index (Phi) is 2.12. The molecule has 3 heterocycles. The van der Waals surface area contributed by atoms with Gasteiger partial charge in [-0.05, 0) is 29.5 Å². The number of phenols is 1. The van der Waals surface area contributed by atoms with Gasteiger partial charge >= 0.3 is 0 Å². The molecule has 1 N–H and O–H groups in total. The van der Waals surface area contributed by atoms with E-state index in [-0.39, 0.29) is 11.1 Å². The van der Waals surface area contributed by atoms with Gasteiger partial charge in [0.2, 0.25) is 5.16 Å². The first kappa shape index (κ1) is 10.3. The van der Waals surface area contributed by atoms with Gasteiger partial charge in [-0.3, -0.25) is 5.01 Å². The molecule has 2 aliphatic heterocycles. The first-order valence-electron chi connectivity index (χ1n) is 5.35. The van der Waals surface area contributed by atoms with E-state index in [1.807, 2.05) is 16.8 Å². The summed E-state index contributed by atoms with van der Waals surface area (Å²) < 4.78 is 1.97. The lowest BCUT2D eigenvalue weighted by molar-refractivity contribution is 0.475. The molecule has 0 fully saturated rings. The number of phenolic OH excluding ortho intramolecular Hbond substituents is 1. The van der Waals surface area contributed by atoms with E-state index in [2.05, 4.69) is 20.6 Å². The standard InChI is InChI=1S/C11H8N4OS2/c16-8-3-1-7(2-4-8)10-15-9(5-17-10)18-11-13-12-6-14(11)15/h1-6,10,16H/t10-/m1/s1. The Hall–Kier alpha value is -1.60. The minimum atomic E-state index is 0.172. The van der Waals surface area contributed by atoms with Crippen LogP contribution < -0.4 is 5.01 Å². The Morgan fingerprint density at radius 2 is 2.06 bits per heavy atom. The van der Waals surface area contributed by atoms with Crippen LogP contribution in [-0.2, 0) is 0 Å². The molecule has 2 aromatic rings. The fraction of sp³-hybridized carbons (Fsp3) is 0.0909. The van der Waals surface area contributed by atoms with Crippen molar-refractivity contribution in [2.75, 3.05) is 5.01 Å². The Bertz CT molecular complexity index is 637. The summed E-state index contributed by atoms with van der Waals surface area (Å²) in [5.41, 5.74) is 1.14. The van der Waals surface area contributed by atoms with Crippen molar-refractivity contribution in [3.8, 4) is 5.75 Å². The lowest BCUT2D eigenvalue weighted by Gasteiger charge is -2.24. The maximum atomic E-state index is 9.35. The van der Waals surface area contributed by atoms with Gasteiger partial charge in [0.05, 0.1) is 0 Å². The summed E-state index contributed by atoms with van der Waals surface area (Å²) in [5.74, 6) is 0.288. The van der Waals surface area contributed by atoms with Crippen molar-refractivity contribution in [2.45, 2.75) is 10.5 Å². The van der Waals surface area contributed by atoms with Crippen LogP contribution in [0.3, 0.4) is 0 Å². The van der Waals surface area contributed by atoms with Crippen molar-refractivity contribution < 1.29 is 5.11 Å². The number of nitrogens with zero attached hydrogens (tertiary/aromatic N) is 4. The van der Waals surface area contributed by atoms with Gasteiger partial charge in [0.1, 0.15) is 22.5 Å². The number of thioether (sulfide) groups is 2. The predicted octanol–water partition coefficient (Wildman–Crippen LogP) is 2.27. The summed E-state index contributed by atoms with van der Waals surface area (Å²) in [5, 5.41) is 23.9. The van der Waals surface area contributed by atoms with Crippen LogP contribution >= 0.6 is 23.5 Å². The van der Waals surface area contributed by atoms with Crippen LogP contribution in [0.1, 0.15) is 10.9 Å². The molecule has 2 aliphatic rings. The molecule has 0 saturated carbocycles. The summed E-state index contributed by atoms with van der Waals surface area (Å²) in [6, 6.07) is 7.31. The van der Waals surface area contributed by atoms with Gasteiger partial charge in [-0.2, -0.15) is 0 Å². The molecule has 18 heavy (non-hydrogen) atoms.